The fraction of sp³-hybridized carbons (Fsp3) is 0.263. The van der Waals surface area contributed by atoms with Crippen LogP contribution < -0.4 is 10.6 Å². The zero-order chi connectivity index (χ0) is 23.3. The molecule has 5 nitrogen and oxygen atoms in total. The monoisotopic (exact) mass is 538 g/mol. The number of anilines is 2. The minimum Gasteiger partial charge on any atom is -0.362 e. The van der Waals surface area contributed by atoms with Crippen molar-refractivity contribution in [1.29, 1.82) is 0 Å². The molecule has 2 atom stereocenters. The molecule has 0 aliphatic carbocycles. The van der Waals surface area contributed by atoms with E-state index in [-0.39, 0.29) is 16.7 Å². The maximum atomic E-state index is 13.8. The molecule has 0 spiro atoms. The van der Waals surface area contributed by atoms with Gasteiger partial charge < -0.3 is 10.6 Å². The van der Waals surface area contributed by atoms with Crippen LogP contribution in [0.4, 0.5) is 37.8 Å². The second kappa shape index (κ2) is 8.10. The number of nitrogens with zero attached hydrogens (tertiary/aromatic N) is 2. The van der Waals surface area contributed by atoms with Crippen LogP contribution in [0.25, 0.3) is 0 Å². The van der Waals surface area contributed by atoms with E-state index in [0.29, 0.717) is 9.56 Å². The van der Waals surface area contributed by atoms with E-state index in [2.05, 4.69) is 31.7 Å². The molecule has 32 heavy (non-hydrogen) atoms. The molecule has 2 N–H and O–H groups in total. The van der Waals surface area contributed by atoms with Crippen LogP contribution >= 0.6 is 27.3 Å². The maximum Gasteiger partial charge on any atom is 0.418 e. The first kappa shape index (κ1) is 22.6. The van der Waals surface area contributed by atoms with E-state index in [4.69, 9.17) is 0 Å². The van der Waals surface area contributed by atoms with Crippen molar-refractivity contribution in [2.45, 2.75) is 30.9 Å². The Kier molecular flexibility index (Phi) is 5.74. The summed E-state index contributed by atoms with van der Waals surface area (Å²) in [6, 6.07) is 5.00. The molecule has 0 saturated heterocycles. The Morgan fingerprint density at radius 2 is 1.88 bits per heavy atom. The molecule has 0 radical (unpaired) electrons. The van der Waals surface area contributed by atoms with E-state index in [9.17, 15) is 31.1 Å². The summed E-state index contributed by atoms with van der Waals surface area (Å²) in [5.74, 6) is -1.16. The highest BCUT2D eigenvalue weighted by atomic mass is 79.9. The zero-order valence-corrected chi connectivity index (χ0v) is 18.2. The number of para-hydroxylation sites is 1. The molecule has 3 heterocycles. The van der Waals surface area contributed by atoms with Crippen molar-refractivity contribution in [2.24, 2.45) is 0 Å². The summed E-state index contributed by atoms with van der Waals surface area (Å²) in [5.41, 5.74) is -2.08. The molecule has 1 aliphatic heterocycles. The third-order valence-corrected chi connectivity index (χ3v) is 6.62. The number of hydrogen-bond acceptors (Lipinski definition) is 4. The predicted octanol–water partition coefficient (Wildman–Crippen LogP) is 6.64. The highest BCUT2D eigenvalue weighted by Crippen LogP contribution is 2.47. The SMILES string of the molecule is O=C(Nc1ccccc1C(F)(F)F)c1nn2c(c1Br)N[C@@H](c1cccs1)C[C@H]2C(F)(F)F. The lowest BCUT2D eigenvalue weighted by Gasteiger charge is -2.33. The lowest BCUT2D eigenvalue weighted by Crippen LogP contribution is -2.35. The third kappa shape index (κ3) is 4.22. The summed E-state index contributed by atoms with van der Waals surface area (Å²) < 4.78 is 81.6. The van der Waals surface area contributed by atoms with Gasteiger partial charge in [-0.15, -0.1) is 11.3 Å². The summed E-state index contributed by atoms with van der Waals surface area (Å²) in [5, 5.41) is 10.6. The van der Waals surface area contributed by atoms with Gasteiger partial charge in [-0.1, -0.05) is 18.2 Å². The number of carbonyl (C=O) groups excluding carboxylic acids is 1. The van der Waals surface area contributed by atoms with Crippen LogP contribution in [0, 0.1) is 0 Å². The molecule has 4 rings (SSSR count). The minimum absolute atomic E-state index is 0.0741. The molecule has 2 aromatic heterocycles. The first-order valence-electron chi connectivity index (χ1n) is 9.09. The van der Waals surface area contributed by atoms with Gasteiger partial charge in [0.05, 0.1) is 21.8 Å². The van der Waals surface area contributed by atoms with Crippen molar-refractivity contribution in [2.75, 3.05) is 10.6 Å². The van der Waals surface area contributed by atoms with Gasteiger partial charge in [0.1, 0.15) is 5.82 Å². The summed E-state index contributed by atoms with van der Waals surface area (Å²) in [6.45, 7) is 0. The van der Waals surface area contributed by atoms with Gasteiger partial charge in [0, 0.05) is 11.3 Å². The fourth-order valence-electron chi connectivity index (χ4n) is 3.43. The Morgan fingerprint density at radius 1 is 1.16 bits per heavy atom. The van der Waals surface area contributed by atoms with Crippen LogP contribution in [-0.2, 0) is 6.18 Å². The number of alkyl halides is 6. The van der Waals surface area contributed by atoms with Crippen molar-refractivity contribution in [3.8, 4) is 0 Å². The van der Waals surface area contributed by atoms with Crippen molar-refractivity contribution in [1.82, 2.24) is 9.78 Å². The molecule has 0 fully saturated rings. The Labute approximate surface area is 189 Å². The lowest BCUT2D eigenvalue weighted by molar-refractivity contribution is -0.173. The summed E-state index contributed by atoms with van der Waals surface area (Å²) in [7, 11) is 0. The van der Waals surface area contributed by atoms with E-state index in [1.807, 2.05) is 0 Å². The van der Waals surface area contributed by atoms with Crippen molar-refractivity contribution >= 4 is 44.7 Å². The molecular weight excluding hydrogens is 526 g/mol. The number of hydrogen-bond donors (Lipinski definition) is 2. The van der Waals surface area contributed by atoms with Crippen molar-refractivity contribution in [3.05, 3.63) is 62.4 Å². The number of benzene rings is 1. The molecule has 3 aromatic rings. The standard InChI is InChI=1S/C19H13BrF6N4OS/c20-14-15(17(31)28-10-5-2-1-4-9(10)18(21,22)23)29-30-13(19(24,25)26)8-11(27-16(14)30)12-6-3-7-32-12/h1-7,11,13,27H,8H2,(H,28,31)/t11-,13+/m1/s1. The smallest absolute Gasteiger partial charge is 0.362 e. The van der Waals surface area contributed by atoms with E-state index < -0.39 is 47.3 Å². The zero-order valence-electron chi connectivity index (χ0n) is 15.8. The quantitative estimate of drug-likeness (QED) is 0.367. The molecular formula is C19H13BrF6N4OS. The Balaban J connectivity index is 1.71. The topological polar surface area (TPSA) is 59.0 Å². The number of amides is 1. The average Bonchev–Trinajstić information content (AvgIpc) is 3.35. The highest BCUT2D eigenvalue weighted by molar-refractivity contribution is 9.10. The van der Waals surface area contributed by atoms with Crippen LogP contribution in [0.5, 0.6) is 0 Å². The largest absolute Gasteiger partial charge is 0.418 e. The van der Waals surface area contributed by atoms with Gasteiger partial charge in [0.25, 0.3) is 5.91 Å². The maximum absolute atomic E-state index is 13.8. The molecule has 0 unspecified atom stereocenters. The number of thiophene rings is 1. The normalized spacial score (nSPS) is 18.7. The molecule has 0 saturated carbocycles. The lowest BCUT2D eigenvalue weighted by atomic mass is 10.0. The van der Waals surface area contributed by atoms with E-state index in [1.165, 1.54) is 17.4 Å². The van der Waals surface area contributed by atoms with Gasteiger partial charge in [-0.25, -0.2) is 4.68 Å². The molecule has 1 amide bonds. The number of aromatic nitrogens is 2. The Hall–Kier alpha value is -2.54. The highest BCUT2D eigenvalue weighted by Gasteiger charge is 2.48. The first-order valence-corrected chi connectivity index (χ1v) is 10.8. The summed E-state index contributed by atoms with van der Waals surface area (Å²) in [6.07, 6.45) is -9.75. The average molecular weight is 539 g/mol. The molecule has 0 bridgehead atoms. The molecule has 1 aromatic carbocycles. The number of nitrogens with one attached hydrogen (secondary N) is 2. The van der Waals surface area contributed by atoms with Gasteiger partial charge in [0.15, 0.2) is 11.7 Å². The van der Waals surface area contributed by atoms with Crippen LogP contribution in [0.2, 0.25) is 0 Å². The van der Waals surface area contributed by atoms with E-state index >= 15 is 0 Å². The van der Waals surface area contributed by atoms with E-state index in [1.54, 1.807) is 17.5 Å². The Bertz CT molecular complexity index is 1140. The van der Waals surface area contributed by atoms with E-state index in [0.717, 1.165) is 18.2 Å². The second-order valence-electron chi connectivity index (χ2n) is 6.96. The third-order valence-electron chi connectivity index (χ3n) is 4.88. The van der Waals surface area contributed by atoms with Gasteiger partial charge in [-0.3, -0.25) is 4.79 Å². The van der Waals surface area contributed by atoms with Crippen molar-refractivity contribution < 1.29 is 31.1 Å². The van der Waals surface area contributed by atoms with Gasteiger partial charge in [0.2, 0.25) is 0 Å². The molecule has 1 aliphatic rings. The summed E-state index contributed by atoms with van der Waals surface area (Å²) >= 11 is 4.38. The summed E-state index contributed by atoms with van der Waals surface area (Å²) in [4.78, 5) is 13.4. The van der Waals surface area contributed by atoms with Crippen LogP contribution in [0.3, 0.4) is 0 Å². The first-order chi connectivity index (χ1) is 15.0. The predicted molar refractivity (Wildman–Crippen MR) is 110 cm³/mol. The molecule has 13 heteroatoms. The van der Waals surface area contributed by atoms with Crippen LogP contribution in [-0.4, -0.2) is 21.9 Å². The van der Waals surface area contributed by atoms with Gasteiger partial charge in [-0.2, -0.15) is 31.4 Å². The fourth-order valence-corrected chi connectivity index (χ4v) is 4.78. The van der Waals surface area contributed by atoms with Crippen LogP contribution in [0.1, 0.15) is 39.4 Å². The second-order valence-corrected chi connectivity index (χ2v) is 8.73. The number of carbonyl (C=O) groups is 1. The van der Waals surface area contributed by atoms with Gasteiger partial charge in [-0.05, 0) is 39.5 Å². The molecule has 170 valence electrons. The minimum atomic E-state index is -4.73. The number of fused-ring (bicyclic) bond motifs is 1. The number of halogens is 7. The number of rotatable bonds is 3. The van der Waals surface area contributed by atoms with Gasteiger partial charge >= 0.3 is 12.4 Å². The van der Waals surface area contributed by atoms with Crippen LogP contribution in [0.15, 0.2) is 46.3 Å². The van der Waals surface area contributed by atoms with Crippen molar-refractivity contribution in [3.63, 3.8) is 0 Å². The Morgan fingerprint density at radius 3 is 2.50 bits per heavy atom.